The maximum atomic E-state index is 12.6. The van der Waals surface area contributed by atoms with Crippen LogP contribution in [0.25, 0.3) is 0 Å². The SMILES string of the molecule is Nc1sc2c(c1C(=O)N1CCCCCC1)CCC2. The minimum absolute atomic E-state index is 0.189. The molecule has 0 unspecified atom stereocenters. The average Bonchev–Trinajstić information content (AvgIpc) is 2.78. The van der Waals surface area contributed by atoms with E-state index in [1.54, 1.807) is 11.3 Å². The molecule has 1 aliphatic heterocycles. The summed E-state index contributed by atoms with van der Waals surface area (Å²) in [5, 5.41) is 0.744. The molecule has 1 fully saturated rings. The second-order valence-electron chi connectivity index (χ2n) is 5.30. The van der Waals surface area contributed by atoms with Gasteiger partial charge in [-0.15, -0.1) is 11.3 Å². The highest BCUT2D eigenvalue weighted by molar-refractivity contribution is 7.16. The lowest BCUT2D eigenvalue weighted by molar-refractivity contribution is 0.0762. The highest BCUT2D eigenvalue weighted by Crippen LogP contribution is 2.38. The van der Waals surface area contributed by atoms with Crippen molar-refractivity contribution in [2.45, 2.75) is 44.9 Å². The molecule has 18 heavy (non-hydrogen) atoms. The predicted molar refractivity (Wildman–Crippen MR) is 75.1 cm³/mol. The highest BCUT2D eigenvalue weighted by atomic mass is 32.1. The maximum Gasteiger partial charge on any atom is 0.257 e. The van der Waals surface area contributed by atoms with E-state index in [4.69, 9.17) is 5.73 Å². The van der Waals surface area contributed by atoms with Crippen LogP contribution in [0.1, 0.15) is 52.9 Å². The van der Waals surface area contributed by atoms with Crippen molar-refractivity contribution >= 4 is 22.2 Å². The normalized spacial score (nSPS) is 19.7. The first-order chi connectivity index (χ1) is 8.77. The molecule has 0 bridgehead atoms. The van der Waals surface area contributed by atoms with Crippen molar-refractivity contribution in [2.75, 3.05) is 18.8 Å². The molecule has 3 rings (SSSR count). The molecule has 0 atom stereocenters. The van der Waals surface area contributed by atoms with Crippen LogP contribution in [0.4, 0.5) is 5.00 Å². The van der Waals surface area contributed by atoms with Gasteiger partial charge in [0.1, 0.15) is 0 Å². The monoisotopic (exact) mass is 264 g/mol. The van der Waals surface area contributed by atoms with E-state index in [1.807, 2.05) is 4.90 Å². The zero-order chi connectivity index (χ0) is 12.5. The average molecular weight is 264 g/mol. The van der Waals surface area contributed by atoms with Gasteiger partial charge in [-0.1, -0.05) is 12.8 Å². The fourth-order valence-electron chi connectivity index (χ4n) is 3.09. The Morgan fingerprint density at radius 2 is 1.78 bits per heavy atom. The number of aryl methyl sites for hydroxylation is 1. The Morgan fingerprint density at radius 3 is 2.50 bits per heavy atom. The van der Waals surface area contributed by atoms with E-state index in [9.17, 15) is 4.79 Å². The van der Waals surface area contributed by atoms with Crippen LogP contribution in [0.5, 0.6) is 0 Å². The summed E-state index contributed by atoms with van der Waals surface area (Å²) >= 11 is 1.63. The van der Waals surface area contributed by atoms with Gasteiger partial charge in [0.25, 0.3) is 5.91 Å². The van der Waals surface area contributed by atoms with Crippen molar-refractivity contribution in [3.8, 4) is 0 Å². The van der Waals surface area contributed by atoms with Gasteiger partial charge in [0.05, 0.1) is 10.6 Å². The van der Waals surface area contributed by atoms with Crippen molar-refractivity contribution < 1.29 is 4.79 Å². The molecule has 1 aromatic heterocycles. The molecule has 98 valence electrons. The Hall–Kier alpha value is -1.03. The molecule has 1 aromatic rings. The number of carbonyl (C=O) groups is 1. The van der Waals surface area contributed by atoms with Crippen LogP contribution in [-0.2, 0) is 12.8 Å². The Kier molecular flexibility index (Phi) is 3.29. The fourth-order valence-corrected chi connectivity index (χ4v) is 4.24. The van der Waals surface area contributed by atoms with Crippen molar-refractivity contribution in [3.63, 3.8) is 0 Å². The zero-order valence-corrected chi connectivity index (χ0v) is 11.5. The molecule has 1 aliphatic carbocycles. The summed E-state index contributed by atoms with van der Waals surface area (Å²) in [5.74, 6) is 0.189. The number of hydrogen-bond acceptors (Lipinski definition) is 3. The summed E-state index contributed by atoms with van der Waals surface area (Å²) in [7, 11) is 0. The molecule has 2 heterocycles. The van der Waals surface area contributed by atoms with Crippen molar-refractivity contribution in [1.29, 1.82) is 0 Å². The first-order valence-electron chi connectivity index (χ1n) is 6.96. The largest absolute Gasteiger partial charge is 0.390 e. The van der Waals surface area contributed by atoms with Crippen molar-refractivity contribution in [3.05, 3.63) is 16.0 Å². The molecule has 3 nitrogen and oxygen atoms in total. The van der Waals surface area contributed by atoms with Crippen LogP contribution in [0.15, 0.2) is 0 Å². The van der Waals surface area contributed by atoms with Crippen LogP contribution < -0.4 is 5.73 Å². The Labute approximate surface area is 112 Å². The van der Waals surface area contributed by atoms with Crippen molar-refractivity contribution in [2.24, 2.45) is 0 Å². The summed E-state index contributed by atoms with van der Waals surface area (Å²) in [6.45, 7) is 1.81. The molecule has 0 saturated carbocycles. The van der Waals surface area contributed by atoms with Crippen LogP contribution in [0.2, 0.25) is 0 Å². The number of anilines is 1. The first-order valence-corrected chi connectivity index (χ1v) is 7.78. The molecular formula is C14H20N2OS. The third kappa shape index (κ3) is 2.03. The lowest BCUT2D eigenvalue weighted by Crippen LogP contribution is -2.32. The maximum absolute atomic E-state index is 12.6. The summed E-state index contributed by atoms with van der Waals surface area (Å²) in [6.07, 6.45) is 8.11. The number of nitrogen functional groups attached to an aromatic ring is 1. The van der Waals surface area contributed by atoms with E-state index in [2.05, 4.69) is 0 Å². The summed E-state index contributed by atoms with van der Waals surface area (Å²) < 4.78 is 0. The van der Waals surface area contributed by atoms with Gasteiger partial charge in [0.15, 0.2) is 0 Å². The Bertz CT molecular complexity index is 459. The van der Waals surface area contributed by atoms with Crippen LogP contribution in [0.3, 0.4) is 0 Å². The lowest BCUT2D eigenvalue weighted by atomic mass is 10.1. The first kappa shape index (κ1) is 12.0. The Balaban J connectivity index is 1.87. The lowest BCUT2D eigenvalue weighted by Gasteiger charge is -2.20. The van der Waals surface area contributed by atoms with Gasteiger partial charge in [0.2, 0.25) is 0 Å². The minimum Gasteiger partial charge on any atom is -0.390 e. The second-order valence-corrected chi connectivity index (χ2v) is 6.44. The van der Waals surface area contributed by atoms with Gasteiger partial charge in [-0.05, 0) is 37.7 Å². The van der Waals surface area contributed by atoms with Gasteiger partial charge in [0, 0.05) is 18.0 Å². The van der Waals surface area contributed by atoms with E-state index >= 15 is 0 Å². The number of nitrogens with two attached hydrogens (primary N) is 1. The predicted octanol–water partition coefficient (Wildman–Crippen LogP) is 2.84. The fraction of sp³-hybridized carbons (Fsp3) is 0.643. The summed E-state index contributed by atoms with van der Waals surface area (Å²) in [5.41, 5.74) is 8.17. The van der Waals surface area contributed by atoms with Gasteiger partial charge < -0.3 is 10.6 Å². The number of amides is 1. The van der Waals surface area contributed by atoms with Crippen LogP contribution in [-0.4, -0.2) is 23.9 Å². The molecule has 1 amide bonds. The highest BCUT2D eigenvalue weighted by Gasteiger charge is 2.28. The van der Waals surface area contributed by atoms with Gasteiger partial charge >= 0.3 is 0 Å². The molecule has 2 aliphatic rings. The summed E-state index contributed by atoms with van der Waals surface area (Å²) in [4.78, 5) is 16.0. The second kappa shape index (κ2) is 4.92. The molecule has 2 N–H and O–H groups in total. The van der Waals surface area contributed by atoms with E-state index in [0.717, 1.165) is 49.3 Å². The van der Waals surface area contributed by atoms with E-state index in [0.29, 0.717) is 0 Å². The number of thiophene rings is 1. The van der Waals surface area contributed by atoms with Gasteiger partial charge in [-0.3, -0.25) is 4.79 Å². The van der Waals surface area contributed by atoms with Gasteiger partial charge in [-0.2, -0.15) is 0 Å². The van der Waals surface area contributed by atoms with E-state index in [-0.39, 0.29) is 5.91 Å². The molecular weight excluding hydrogens is 244 g/mol. The molecule has 0 spiro atoms. The number of likely N-dealkylation sites (tertiary alicyclic amines) is 1. The van der Waals surface area contributed by atoms with E-state index in [1.165, 1.54) is 29.7 Å². The minimum atomic E-state index is 0.189. The zero-order valence-electron chi connectivity index (χ0n) is 10.7. The third-order valence-corrected chi connectivity index (χ3v) is 5.18. The van der Waals surface area contributed by atoms with Crippen LogP contribution >= 0.6 is 11.3 Å². The smallest absolute Gasteiger partial charge is 0.257 e. The number of carbonyl (C=O) groups excluding carboxylic acids is 1. The van der Waals surface area contributed by atoms with Gasteiger partial charge in [-0.25, -0.2) is 0 Å². The van der Waals surface area contributed by atoms with Crippen molar-refractivity contribution in [1.82, 2.24) is 4.90 Å². The number of nitrogens with zero attached hydrogens (tertiary/aromatic N) is 1. The number of fused-ring (bicyclic) bond motifs is 1. The summed E-state index contributed by atoms with van der Waals surface area (Å²) in [6, 6.07) is 0. The number of rotatable bonds is 1. The molecule has 0 radical (unpaired) electrons. The molecule has 1 saturated heterocycles. The van der Waals surface area contributed by atoms with E-state index < -0.39 is 0 Å². The number of hydrogen-bond donors (Lipinski definition) is 1. The van der Waals surface area contributed by atoms with Crippen LogP contribution in [0, 0.1) is 0 Å². The standard InChI is InChI=1S/C14H20N2OS/c15-13-12(10-6-5-7-11(10)18-13)14(17)16-8-3-1-2-4-9-16/h1-9,15H2. The molecule has 4 heteroatoms. The third-order valence-electron chi connectivity index (χ3n) is 4.06. The molecule has 0 aromatic carbocycles. The Morgan fingerprint density at radius 1 is 1.06 bits per heavy atom. The topological polar surface area (TPSA) is 46.3 Å². The quantitative estimate of drug-likeness (QED) is 0.848.